The zero-order valence-electron chi connectivity index (χ0n) is 18.1. The van der Waals surface area contributed by atoms with Gasteiger partial charge in [0.1, 0.15) is 22.5 Å². The van der Waals surface area contributed by atoms with Gasteiger partial charge in [-0.25, -0.2) is 18.0 Å². The second kappa shape index (κ2) is 11.3. The number of nitrogens with one attached hydrogen (secondary N) is 2. The quantitative estimate of drug-likeness (QED) is 0.548. The predicted molar refractivity (Wildman–Crippen MR) is 119 cm³/mol. The molecule has 0 heterocycles. The highest BCUT2D eigenvalue weighted by molar-refractivity contribution is 7.90. The molecular weight excluding hydrogens is 436 g/mol. The molecule has 1 atom stereocenters. The summed E-state index contributed by atoms with van der Waals surface area (Å²) in [6, 6.07) is 12.4. The summed E-state index contributed by atoms with van der Waals surface area (Å²) in [5.41, 5.74) is 1.99. The number of aryl methyl sites for hydroxylation is 1. The molecule has 1 unspecified atom stereocenters. The van der Waals surface area contributed by atoms with Crippen LogP contribution in [0.3, 0.4) is 0 Å². The van der Waals surface area contributed by atoms with Gasteiger partial charge >= 0.3 is 12.1 Å². The molecule has 2 amide bonds. The van der Waals surface area contributed by atoms with E-state index in [-0.39, 0.29) is 24.3 Å². The van der Waals surface area contributed by atoms with Crippen LogP contribution in [0, 0.1) is 6.92 Å². The van der Waals surface area contributed by atoms with E-state index in [0.717, 1.165) is 11.8 Å². The highest BCUT2D eigenvalue weighted by atomic mass is 32.2. The summed E-state index contributed by atoms with van der Waals surface area (Å²) in [5, 5.41) is 5.05. The molecule has 2 N–H and O–H groups in total. The van der Waals surface area contributed by atoms with Gasteiger partial charge in [-0.05, 0) is 36.6 Å². The number of benzene rings is 2. The number of ether oxygens (including phenoxy) is 2. The molecule has 2 aromatic rings. The average Bonchev–Trinajstić information content (AvgIpc) is 2.76. The molecule has 0 saturated carbocycles. The van der Waals surface area contributed by atoms with Gasteiger partial charge in [0.05, 0.1) is 18.4 Å². The molecule has 2 rings (SSSR count). The number of alkyl carbamates (subject to hydrolysis) is 1. The summed E-state index contributed by atoms with van der Waals surface area (Å²) in [6.45, 7) is 1.72. The van der Waals surface area contributed by atoms with Crippen LogP contribution in [0.2, 0.25) is 0 Å². The minimum Gasteiger partial charge on any atom is -0.465 e. The van der Waals surface area contributed by atoms with E-state index in [2.05, 4.69) is 15.4 Å². The number of rotatable bonds is 9. The maximum absolute atomic E-state index is 12.8. The molecule has 9 nitrogen and oxygen atoms in total. The summed E-state index contributed by atoms with van der Waals surface area (Å²) in [4.78, 5) is 36.9. The second-order valence-electron chi connectivity index (χ2n) is 7.19. The maximum atomic E-state index is 12.8. The molecule has 0 aromatic heterocycles. The lowest BCUT2D eigenvalue weighted by Gasteiger charge is -2.19. The van der Waals surface area contributed by atoms with Crippen molar-refractivity contribution in [2.45, 2.75) is 26.0 Å². The van der Waals surface area contributed by atoms with Crippen molar-refractivity contribution in [1.29, 1.82) is 0 Å². The lowest BCUT2D eigenvalue weighted by Crippen LogP contribution is -2.45. The SMILES string of the molecule is COC(=O)c1ccc(C)c(NC(=O)C(CCS(C)(=O)=O)NC(=O)OCc2ccccc2)c1. The summed E-state index contributed by atoms with van der Waals surface area (Å²) in [5.74, 6) is -1.53. The number of carbonyl (C=O) groups is 3. The van der Waals surface area contributed by atoms with Crippen molar-refractivity contribution in [1.82, 2.24) is 5.32 Å². The van der Waals surface area contributed by atoms with Crippen LogP contribution in [0.15, 0.2) is 48.5 Å². The van der Waals surface area contributed by atoms with Crippen LogP contribution in [0.1, 0.15) is 27.9 Å². The first-order valence-corrected chi connectivity index (χ1v) is 11.8. The molecule has 172 valence electrons. The molecule has 2 aromatic carbocycles. The van der Waals surface area contributed by atoms with Gasteiger partial charge in [-0.15, -0.1) is 0 Å². The minimum atomic E-state index is -3.38. The number of hydrogen-bond donors (Lipinski definition) is 2. The fourth-order valence-electron chi connectivity index (χ4n) is 2.73. The monoisotopic (exact) mass is 462 g/mol. The number of methoxy groups -OCH3 is 1. The Morgan fingerprint density at radius 3 is 2.38 bits per heavy atom. The first kappa shape index (κ1) is 24.9. The Morgan fingerprint density at radius 1 is 1.06 bits per heavy atom. The molecule has 0 aliphatic heterocycles. The molecule has 0 aliphatic carbocycles. The number of anilines is 1. The van der Waals surface area contributed by atoms with Crippen molar-refractivity contribution >= 4 is 33.5 Å². The summed E-state index contributed by atoms with van der Waals surface area (Å²) < 4.78 is 33.0. The third-order valence-electron chi connectivity index (χ3n) is 4.52. The zero-order chi connectivity index (χ0) is 23.7. The van der Waals surface area contributed by atoms with Crippen LogP contribution in [-0.2, 0) is 30.7 Å². The van der Waals surface area contributed by atoms with Gasteiger partial charge in [-0.2, -0.15) is 0 Å². The van der Waals surface area contributed by atoms with Gasteiger partial charge in [-0.1, -0.05) is 36.4 Å². The Morgan fingerprint density at radius 2 is 1.75 bits per heavy atom. The van der Waals surface area contributed by atoms with Crippen LogP contribution in [0.5, 0.6) is 0 Å². The van der Waals surface area contributed by atoms with Crippen LogP contribution >= 0.6 is 0 Å². The highest BCUT2D eigenvalue weighted by Gasteiger charge is 2.24. The number of sulfone groups is 1. The van der Waals surface area contributed by atoms with Crippen LogP contribution < -0.4 is 10.6 Å². The lowest BCUT2D eigenvalue weighted by molar-refractivity contribution is -0.118. The number of hydrogen-bond acceptors (Lipinski definition) is 7. The van der Waals surface area contributed by atoms with Crippen molar-refractivity contribution in [2.75, 3.05) is 24.4 Å². The fraction of sp³-hybridized carbons (Fsp3) is 0.318. The number of esters is 1. The second-order valence-corrected chi connectivity index (χ2v) is 9.45. The van der Waals surface area contributed by atoms with E-state index in [0.29, 0.717) is 11.3 Å². The Kier molecular flexibility index (Phi) is 8.77. The first-order chi connectivity index (χ1) is 15.1. The normalized spacial score (nSPS) is 11.8. The van der Waals surface area contributed by atoms with Crippen molar-refractivity contribution in [3.63, 3.8) is 0 Å². The van der Waals surface area contributed by atoms with Gasteiger partial charge in [0.2, 0.25) is 5.91 Å². The summed E-state index contributed by atoms with van der Waals surface area (Å²) in [7, 11) is -2.14. The van der Waals surface area contributed by atoms with E-state index in [1.165, 1.54) is 13.2 Å². The van der Waals surface area contributed by atoms with Gasteiger partial charge in [0.25, 0.3) is 0 Å². The minimum absolute atomic E-state index is 0.00658. The van der Waals surface area contributed by atoms with Gasteiger partial charge < -0.3 is 20.1 Å². The van der Waals surface area contributed by atoms with E-state index >= 15 is 0 Å². The summed E-state index contributed by atoms with van der Waals surface area (Å²) >= 11 is 0. The largest absolute Gasteiger partial charge is 0.465 e. The van der Waals surface area contributed by atoms with E-state index in [9.17, 15) is 22.8 Å². The Labute approximate surface area is 187 Å². The van der Waals surface area contributed by atoms with Crippen molar-refractivity contribution in [2.24, 2.45) is 0 Å². The maximum Gasteiger partial charge on any atom is 0.408 e. The molecule has 0 radical (unpaired) electrons. The summed E-state index contributed by atoms with van der Waals surface area (Å²) in [6.07, 6.45) is 0.0306. The number of carbonyl (C=O) groups excluding carboxylic acids is 3. The highest BCUT2D eigenvalue weighted by Crippen LogP contribution is 2.18. The topological polar surface area (TPSA) is 128 Å². The van der Waals surface area contributed by atoms with Gasteiger partial charge in [-0.3, -0.25) is 4.79 Å². The van der Waals surface area contributed by atoms with E-state index in [4.69, 9.17) is 4.74 Å². The molecule has 0 spiro atoms. The van der Waals surface area contributed by atoms with E-state index in [1.54, 1.807) is 43.3 Å². The third-order valence-corrected chi connectivity index (χ3v) is 5.49. The average molecular weight is 463 g/mol. The molecule has 32 heavy (non-hydrogen) atoms. The van der Waals surface area contributed by atoms with E-state index < -0.39 is 33.8 Å². The van der Waals surface area contributed by atoms with Crippen LogP contribution in [-0.4, -0.2) is 51.5 Å². The molecule has 0 fully saturated rings. The molecular formula is C22H26N2O7S. The number of amides is 2. The van der Waals surface area contributed by atoms with Crippen LogP contribution in [0.25, 0.3) is 0 Å². The Hall–Kier alpha value is -3.40. The third kappa shape index (κ3) is 8.03. The Balaban J connectivity index is 2.12. The molecule has 10 heteroatoms. The van der Waals surface area contributed by atoms with Crippen molar-refractivity contribution < 1.29 is 32.3 Å². The van der Waals surface area contributed by atoms with Crippen molar-refractivity contribution in [3.8, 4) is 0 Å². The fourth-order valence-corrected chi connectivity index (χ4v) is 3.39. The standard InChI is InChI=1S/C22H26N2O7S/c1-15-9-10-17(21(26)30-2)13-19(15)23-20(25)18(11-12-32(3,28)29)24-22(27)31-14-16-7-5-4-6-8-16/h4-10,13,18H,11-12,14H2,1-3H3,(H,23,25)(H,24,27). The molecule has 0 aliphatic rings. The molecule has 0 bridgehead atoms. The van der Waals surface area contributed by atoms with Crippen LogP contribution in [0.4, 0.5) is 10.5 Å². The smallest absolute Gasteiger partial charge is 0.408 e. The molecule has 0 saturated heterocycles. The van der Waals surface area contributed by atoms with E-state index in [1.807, 2.05) is 6.07 Å². The Bertz CT molecular complexity index is 1070. The zero-order valence-corrected chi connectivity index (χ0v) is 18.9. The first-order valence-electron chi connectivity index (χ1n) is 9.74. The van der Waals surface area contributed by atoms with Gasteiger partial charge in [0.15, 0.2) is 0 Å². The predicted octanol–water partition coefficient (Wildman–Crippen LogP) is 2.45. The van der Waals surface area contributed by atoms with Gasteiger partial charge in [0, 0.05) is 11.9 Å². The van der Waals surface area contributed by atoms with Crippen molar-refractivity contribution in [3.05, 3.63) is 65.2 Å². The lowest BCUT2D eigenvalue weighted by atomic mass is 10.1.